The number of amides is 2. The lowest BCUT2D eigenvalue weighted by Crippen LogP contribution is -2.42. The maximum atomic E-state index is 14.1. The number of cyclic esters (lactones) is 1. The topological polar surface area (TPSA) is 93.8 Å². The van der Waals surface area contributed by atoms with Gasteiger partial charge in [0.05, 0.1) is 32.2 Å². The monoisotopic (exact) mass is 497 g/mol. The quantitative estimate of drug-likeness (QED) is 0.356. The fourth-order valence-corrected chi connectivity index (χ4v) is 4.60. The lowest BCUT2D eigenvalue weighted by atomic mass is 9.92. The van der Waals surface area contributed by atoms with Crippen LogP contribution in [0.25, 0.3) is 11.3 Å². The second kappa shape index (κ2) is 9.81. The first-order chi connectivity index (χ1) is 17.9. The molecule has 4 aromatic rings. The minimum absolute atomic E-state index is 0.130. The third-order valence-electron chi connectivity index (χ3n) is 6.61. The van der Waals surface area contributed by atoms with Gasteiger partial charge in [0.1, 0.15) is 11.5 Å². The number of hydrogen-bond acceptors (Lipinski definition) is 6. The number of rotatable bonds is 8. The maximum absolute atomic E-state index is 14.1. The molecule has 0 aliphatic carbocycles. The van der Waals surface area contributed by atoms with Crippen LogP contribution in [0.2, 0.25) is 0 Å². The van der Waals surface area contributed by atoms with Crippen molar-refractivity contribution in [2.45, 2.75) is 25.0 Å². The van der Waals surface area contributed by atoms with E-state index < -0.39 is 23.6 Å². The van der Waals surface area contributed by atoms with Crippen molar-refractivity contribution in [1.29, 1.82) is 0 Å². The number of nitrogens with zero attached hydrogens (tertiary/aromatic N) is 2. The summed E-state index contributed by atoms with van der Waals surface area (Å²) in [5.41, 5.74) is 1.38. The van der Waals surface area contributed by atoms with E-state index >= 15 is 0 Å². The van der Waals surface area contributed by atoms with E-state index in [9.17, 15) is 9.59 Å². The van der Waals surface area contributed by atoms with Crippen molar-refractivity contribution in [3.8, 4) is 22.8 Å². The molecule has 1 aliphatic heterocycles. The second-order valence-corrected chi connectivity index (χ2v) is 8.87. The van der Waals surface area contributed by atoms with Crippen molar-refractivity contribution in [1.82, 2.24) is 14.9 Å². The van der Waals surface area contributed by atoms with Gasteiger partial charge in [-0.15, -0.1) is 0 Å². The van der Waals surface area contributed by atoms with E-state index in [4.69, 9.17) is 14.2 Å². The molecule has 8 heteroatoms. The molecule has 2 atom stereocenters. The average Bonchev–Trinajstić information content (AvgIpc) is 3.53. The van der Waals surface area contributed by atoms with Crippen LogP contribution < -0.4 is 9.47 Å². The molecular formula is C29H27N3O5. The molecule has 188 valence electrons. The highest BCUT2D eigenvalue weighted by Gasteiger charge is 2.58. The van der Waals surface area contributed by atoms with Gasteiger partial charge in [-0.1, -0.05) is 60.7 Å². The number of nitrogens with one attached hydrogen (secondary N) is 1. The smallest absolute Gasteiger partial charge is 0.418 e. The molecule has 1 fully saturated rings. The number of carbonyl (C=O) groups excluding carboxylic acids is 2. The third-order valence-corrected chi connectivity index (χ3v) is 6.61. The van der Waals surface area contributed by atoms with Gasteiger partial charge in [0, 0.05) is 18.1 Å². The van der Waals surface area contributed by atoms with Crippen LogP contribution in [-0.2, 0) is 21.6 Å². The molecule has 1 aliphatic rings. The van der Waals surface area contributed by atoms with Gasteiger partial charge in [-0.2, -0.15) is 0 Å². The highest BCUT2D eigenvalue weighted by atomic mass is 16.6. The zero-order valence-electron chi connectivity index (χ0n) is 20.8. The molecule has 1 N–H and O–H groups in total. The zero-order chi connectivity index (χ0) is 26.0. The summed E-state index contributed by atoms with van der Waals surface area (Å²) in [4.78, 5) is 36.3. The minimum Gasteiger partial charge on any atom is -0.497 e. The van der Waals surface area contributed by atoms with Gasteiger partial charge in [-0.3, -0.25) is 4.79 Å². The fourth-order valence-electron chi connectivity index (χ4n) is 4.60. The van der Waals surface area contributed by atoms with Gasteiger partial charge >= 0.3 is 6.09 Å². The number of benzene rings is 3. The first-order valence-corrected chi connectivity index (χ1v) is 11.9. The van der Waals surface area contributed by atoms with Crippen molar-refractivity contribution >= 4 is 12.0 Å². The zero-order valence-corrected chi connectivity index (χ0v) is 20.8. The van der Waals surface area contributed by atoms with Gasteiger partial charge in [-0.25, -0.2) is 14.7 Å². The third kappa shape index (κ3) is 4.42. The van der Waals surface area contributed by atoms with Crippen molar-refractivity contribution in [3.63, 3.8) is 0 Å². The average molecular weight is 498 g/mol. The molecule has 0 saturated carbocycles. The summed E-state index contributed by atoms with van der Waals surface area (Å²) < 4.78 is 16.7. The molecule has 2 amide bonds. The van der Waals surface area contributed by atoms with E-state index in [2.05, 4.69) is 9.97 Å². The SMILES string of the molecule is COc1cc(OC)cc(-c2cnc([C@@]3(Cc4ccccc4)OC(=O)N([C@H](C)c4ccccc4)C3=O)[nH]2)c1. The van der Waals surface area contributed by atoms with E-state index in [1.54, 1.807) is 26.5 Å². The number of aromatic amines is 1. The Morgan fingerprint density at radius 3 is 2.19 bits per heavy atom. The number of imide groups is 1. The molecule has 1 aromatic heterocycles. The van der Waals surface area contributed by atoms with Crippen LogP contribution in [0.4, 0.5) is 4.79 Å². The highest BCUT2D eigenvalue weighted by molar-refractivity contribution is 6.03. The van der Waals surface area contributed by atoms with Crippen molar-refractivity contribution < 1.29 is 23.8 Å². The molecule has 5 rings (SSSR count). The van der Waals surface area contributed by atoms with Crippen LogP contribution in [0, 0.1) is 0 Å². The summed E-state index contributed by atoms with van der Waals surface area (Å²) in [6.07, 6.45) is 1.03. The number of H-pyrrole nitrogens is 1. The summed E-state index contributed by atoms with van der Waals surface area (Å²) in [5, 5.41) is 0. The summed E-state index contributed by atoms with van der Waals surface area (Å²) in [5.74, 6) is 0.988. The lowest BCUT2D eigenvalue weighted by molar-refractivity contribution is -0.139. The summed E-state index contributed by atoms with van der Waals surface area (Å²) in [7, 11) is 3.15. The molecule has 0 radical (unpaired) electrons. The lowest BCUT2D eigenvalue weighted by Gasteiger charge is -2.25. The number of ether oxygens (including phenoxy) is 3. The van der Waals surface area contributed by atoms with Gasteiger partial charge in [0.2, 0.25) is 0 Å². The Kier molecular flexibility index (Phi) is 6.40. The minimum atomic E-state index is -1.65. The van der Waals surface area contributed by atoms with Crippen molar-refractivity contribution in [2.24, 2.45) is 0 Å². The Hall–Kier alpha value is -4.59. The highest BCUT2D eigenvalue weighted by Crippen LogP contribution is 2.41. The first-order valence-electron chi connectivity index (χ1n) is 11.9. The van der Waals surface area contributed by atoms with E-state index in [0.29, 0.717) is 17.2 Å². The number of aromatic nitrogens is 2. The first kappa shape index (κ1) is 24.1. The molecular weight excluding hydrogens is 470 g/mol. The fraction of sp³-hybridized carbons (Fsp3) is 0.207. The van der Waals surface area contributed by atoms with E-state index in [1.807, 2.05) is 79.7 Å². The predicted octanol–water partition coefficient (Wildman–Crippen LogP) is 5.27. The molecule has 3 aromatic carbocycles. The summed E-state index contributed by atoms with van der Waals surface area (Å²) >= 11 is 0. The Balaban J connectivity index is 1.58. The Bertz CT molecular complexity index is 1400. The van der Waals surface area contributed by atoms with Crippen LogP contribution >= 0.6 is 0 Å². The van der Waals surface area contributed by atoms with Crippen LogP contribution in [-0.4, -0.2) is 41.1 Å². The summed E-state index contributed by atoms with van der Waals surface area (Å²) in [6.45, 7) is 1.81. The van der Waals surface area contributed by atoms with Crippen LogP contribution in [0.5, 0.6) is 11.5 Å². The largest absolute Gasteiger partial charge is 0.497 e. The van der Waals surface area contributed by atoms with Crippen molar-refractivity contribution in [3.05, 3.63) is 102 Å². The standard InChI is InChI=1S/C29H27N3O5/c1-19(21-12-8-5-9-13-21)32-27(33)29(37-28(32)34,17-20-10-6-4-7-11-20)26-30-18-25(31-26)22-14-23(35-2)16-24(15-22)36-3/h4-16,18-19H,17H2,1-3H3,(H,30,31)/t19-,29-/m1/s1. The Morgan fingerprint density at radius 1 is 0.946 bits per heavy atom. The van der Waals surface area contributed by atoms with Crippen LogP contribution in [0.15, 0.2) is 85.1 Å². The van der Waals surface area contributed by atoms with Crippen LogP contribution in [0.3, 0.4) is 0 Å². The molecule has 8 nitrogen and oxygen atoms in total. The number of methoxy groups -OCH3 is 2. The predicted molar refractivity (Wildman–Crippen MR) is 137 cm³/mol. The molecule has 0 bridgehead atoms. The molecule has 0 unspecified atom stereocenters. The Morgan fingerprint density at radius 2 is 1.57 bits per heavy atom. The molecule has 37 heavy (non-hydrogen) atoms. The molecule has 0 spiro atoms. The second-order valence-electron chi connectivity index (χ2n) is 8.87. The van der Waals surface area contributed by atoms with Gasteiger partial charge in [-0.05, 0) is 30.2 Å². The number of imidazole rings is 1. The normalized spacial score (nSPS) is 18.0. The van der Waals surface area contributed by atoms with E-state index in [-0.39, 0.29) is 12.2 Å². The summed E-state index contributed by atoms with van der Waals surface area (Å²) in [6, 6.07) is 23.7. The van der Waals surface area contributed by atoms with Gasteiger partial charge < -0.3 is 19.2 Å². The van der Waals surface area contributed by atoms with Gasteiger partial charge in [0.15, 0.2) is 5.82 Å². The molecule has 1 saturated heterocycles. The van der Waals surface area contributed by atoms with Crippen LogP contribution in [0.1, 0.15) is 29.9 Å². The van der Waals surface area contributed by atoms with Gasteiger partial charge in [0.25, 0.3) is 11.5 Å². The van der Waals surface area contributed by atoms with E-state index in [1.165, 1.54) is 4.90 Å². The number of hydrogen-bond donors (Lipinski definition) is 1. The number of carbonyl (C=O) groups is 2. The molecule has 2 heterocycles. The van der Waals surface area contributed by atoms with E-state index in [0.717, 1.165) is 16.7 Å². The van der Waals surface area contributed by atoms with Crippen molar-refractivity contribution in [2.75, 3.05) is 14.2 Å². The maximum Gasteiger partial charge on any atom is 0.418 e. The Labute approximate surface area is 214 Å².